The summed E-state index contributed by atoms with van der Waals surface area (Å²) in [6.45, 7) is 9.15. The van der Waals surface area contributed by atoms with Gasteiger partial charge in [0.2, 0.25) is 0 Å². The fourth-order valence-corrected chi connectivity index (χ4v) is 3.47. The zero-order valence-corrected chi connectivity index (χ0v) is 12.9. The van der Waals surface area contributed by atoms with E-state index in [0.29, 0.717) is 12.0 Å². The molecule has 2 nitrogen and oxygen atoms in total. The molecule has 19 heavy (non-hydrogen) atoms. The Hall–Kier alpha value is -0.600. The molecule has 2 fully saturated rings. The molecular weight excluding hydrogens is 234 g/mol. The van der Waals surface area contributed by atoms with Crippen LogP contribution in [0.5, 0.6) is 0 Å². The highest BCUT2D eigenvalue weighted by Gasteiger charge is 2.44. The van der Waals surface area contributed by atoms with Gasteiger partial charge in [-0.3, -0.25) is 5.32 Å². The Kier molecular flexibility index (Phi) is 4.86. The van der Waals surface area contributed by atoms with Gasteiger partial charge in [-0.2, -0.15) is 0 Å². The molecule has 1 saturated heterocycles. The molecule has 0 unspecified atom stereocenters. The molecule has 1 aliphatic carbocycles. The van der Waals surface area contributed by atoms with E-state index in [4.69, 9.17) is 4.74 Å². The fraction of sp³-hybridized carbons (Fsp3) is 0.765. The maximum atomic E-state index is 6.24. The van der Waals surface area contributed by atoms with E-state index in [1.165, 1.54) is 19.3 Å². The maximum absolute atomic E-state index is 6.24. The van der Waals surface area contributed by atoms with Crippen molar-refractivity contribution >= 4 is 0 Å². The van der Waals surface area contributed by atoms with Gasteiger partial charge in [-0.25, -0.2) is 0 Å². The lowest BCUT2D eigenvalue weighted by molar-refractivity contribution is -0.136. The summed E-state index contributed by atoms with van der Waals surface area (Å²) in [5.41, 5.74) is 0.173. The minimum Gasteiger partial charge on any atom is -0.356 e. The third-order valence-corrected chi connectivity index (χ3v) is 4.59. The van der Waals surface area contributed by atoms with Gasteiger partial charge < -0.3 is 4.74 Å². The quantitative estimate of drug-likeness (QED) is 0.776. The molecule has 0 amide bonds. The van der Waals surface area contributed by atoms with Crippen LogP contribution in [-0.4, -0.2) is 17.9 Å². The SMILES string of the molecule is CC/C=C/C=C/[C@@H]1NC(C)(C)[C@H]2CC[C@H](C)C[C@@H]2O1. The van der Waals surface area contributed by atoms with Crippen molar-refractivity contribution < 1.29 is 4.74 Å². The molecule has 2 heteroatoms. The smallest absolute Gasteiger partial charge is 0.128 e. The summed E-state index contributed by atoms with van der Waals surface area (Å²) in [6, 6.07) is 0. The average molecular weight is 263 g/mol. The van der Waals surface area contributed by atoms with Gasteiger partial charge in [0.15, 0.2) is 0 Å². The molecule has 2 aliphatic rings. The Morgan fingerprint density at radius 3 is 2.79 bits per heavy atom. The molecule has 1 N–H and O–H groups in total. The lowest BCUT2D eigenvalue weighted by atomic mass is 9.70. The molecule has 0 bridgehead atoms. The Morgan fingerprint density at radius 1 is 1.26 bits per heavy atom. The van der Waals surface area contributed by atoms with E-state index in [0.717, 1.165) is 12.3 Å². The van der Waals surface area contributed by atoms with Gasteiger partial charge in [0, 0.05) is 11.5 Å². The maximum Gasteiger partial charge on any atom is 0.128 e. The molecule has 1 aliphatic heterocycles. The molecule has 0 radical (unpaired) electrons. The van der Waals surface area contributed by atoms with Crippen LogP contribution in [0.1, 0.15) is 53.4 Å². The summed E-state index contributed by atoms with van der Waals surface area (Å²) in [4.78, 5) is 0. The van der Waals surface area contributed by atoms with Crippen LogP contribution in [-0.2, 0) is 4.74 Å². The van der Waals surface area contributed by atoms with Crippen molar-refractivity contribution in [2.75, 3.05) is 0 Å². The van der Waals surface area contributed by atoms with Gasteiger partial charge in [-0.15, -0.1) is 0 Å². The lowest BCUT2D eigenvalue weighted by Crippen LogP contribution is -2.62. The molecule has 1 heterocycles. The number of nitrogens with one attached hydrogen (secondary N) is 1. The fourth-order valence-electron chi connectivity index (χ4n) is 3.47. The summed E-state index contributed by atoms with van der Waals surface area (Å²) in [6.07, 6.45) is 13.9. The third kappa shape index (κ3) is 3.70. The van der Waals surface area contributed by atoms with Crippen LogP contribution in [0.25, 0.3) is 0 Å². The van der Waals surface area contributed by atoms with Gasteiger partial charge in [0.05, 0.1) is 6.10 Å². The average Bonchev–Trinajstić information content (AvgIpc) is 2.33. The summed E-state index contributed by atoms with van der Waals surface area (Å²) >= 11 is 0. The van der Waals surface area contributed by atoms with E-state index in [1.54, 1.807) is 0 Å². The van der Waals surface area contributed by atoms with E-state index >= 15 is 0 Å². The van der Waals surface area contributed by atoms with E-state index in [1.807, 2.05) is 0 Å². The number of ether oxygens (including phenoxy) is 1. The normalized spacial score (nSPS) is 38.7. The summed E-state index contributed by atoms with van der Waals surface area (Å²) in [5, 5.41) is 3.64. The van der Waals surface area contributed by atoms with Gasteiger partial charge >= 0.3 is 0 Å². The predicted octanol–water partition coefficient (Wildman–Crippen LogP) is 4.04. The zero-order valence-electron chi connectivity index (χ0n) is 12.9. The number of fused-ring (bicyclic) bond motifs is 1. The first-order chi connectivity index (χ1) is 9.03. The summed E-state index contributed by atoms with van der Waals surface area (Å²) in [7, 11) is 0. The lowest BCUT2D eigenvalue weighted by Gasteiger charge is -2.50. The van der Waals surface area contributed by atoms with Crippen LogP contribution in [0, 0.1) is 11.8 Å². The first kappa shape index (κ1) is 14.8. The van der Waals surface area contributed by atoms with Gasteiger partial charge in [-0.1, -0.05) is 38.5 Å². The highest BCUT2D eigenvalue weighted by atomic mass is 16.5. The van der Waals surface area contributed by atoms with Crippen LogP contribution in [0.3, 0.4) is 0 Å². The van der Waals surface area contributed by atoms with Crippen molar-refractivity contribution in [3.05, 3.63) is 24.3 Å². The second-order valence-corrected chi connectivity index (χ2v) is 6.71. The number of hydrogen-bond donors (Lipinski definition) is 1. The van der Waals surface area contributed by atoms with E-state index in [-0.39, 0.29) is 11.8 Å². The third-order valence-electron chi connectivity index (χ3n) is 4.59. The molecule has 108 valence electrons. The van der Waals surface area contributed by atoms with Crippen molar-refractivity contribution in [1.29, 1.82) is 0 Å². The molecule has 0 aromatic carbocycles. The van der Waals surface area contributed by atoms with Gasteiger partial charge in [0.1, 0.15) is 6.23 Å². The van der Waals surface area contributed by atoms with E-state index in [2.05, 4.69) is 57.3 Å². The van der Waals surface area contributed by atoms with Crippen molar-refractivity contribution in [3.63, 3.8) is 0 Å². The van der Waals surface area contributed by atoms with E-state index < -0.39 is 0 Å². The Bertz CT molecular complexity index is 345. The first-order valence-electron chi connectivity index (χ1n) is 7.79. The molecule has 0 spiro atoms. The van der Waals surface area contributed by atoms with Crippen LogP contribution in [0.15, 0.2) is 24.3 Å². The van der Waals surface area contributed by atoms with Crippen LogP contribution in [0.4, 0.5) is 0 Å². The Morgan fingerprint density at radius 2 is 2.05 bits per heavy atom. The van der Waals surface area contributed by atoms with Crippen molar-refractivity contribution in [2.24, 2.45) is 11.8 Å². The Labute approximate surface area is 118 Å². The number of allylic oxidation sites excluding steroid dienone is 3. The van der Waals surface area contributed by atoms with E-state index in [9.17, 15) is 0 Å². The number of hydrogen-bond acceptors (Lipinski definition) is 2. The second-order valence-electron chi connectivity index (χ2n) is 6.71. The van der Waals surface area contributed by atoms with Gasteiger partial charge in [0.25, 0.3) is 0 Å². The zero-order chi connectivity index (χ0) is 13.9. The van der Waals surface area contributed by atoms with Crippen LogP contribution in [0.2, 0.25) is 0 Å². The monoisotopic (exact) mass is 263 g/mol. The molecule has 4 atom stereocenters. The topological polar surface area (TPSA) is 21.3 Å². The first-order valence-corrected chi connectivity index (χ1v) is 7.79. The standard InChI is InChI=1S/C17H29NO/c1-5-6-7-8-9-16-18-17(3,4)14-11-10-13(2)12-15(14)19-16/h6-9,13-16,18H,5,10-12H2,1-4H3/b7-6+,9-8+/t13-,14-,15-,16+/m0/s1. The Balaban J connectivity index is 2.01. The minimum absolute atomic E-state index is 0.0584. The molecule has 2 rings (SSSR count). The molecule has 1 saturated carbocycles. The summed E-state index contributed by atoms with van der Waals surface area (Å²) < 4.78 is 6.24. The number of rotatable bonds is 3. The summed E-state index contributed by atoms with van der Waals surface area (Å²) in [5.74, 6) is 1.46. The van der Waals surface area contributed by atoms with Crippen molar-refractivity contribution in [2.45, 2.75) is 71.2 Å². The largest absolute Gasteiger partial charge is 0.356 e. The predicted molar refractivity (Wildman–Crippen MR) is 81.0 cm³/mol. The highest BCUT2D eigenvalue weighted by molar-refractivity contribution is 5.08. The molecular formula is C17H29NO. The molecule has 0 aromatic rings. The minimum atomic E-state index is 0.0584. The van der Waals surface area contributed by atoms with Crippen LogP contribution < -0.4 is 5.32 Å². The molecule has 0 aromatic heterocycles. The van der Waals surface area contributed by atoms with Crippen molar-refractivity contribution in [3.8, 4) is 0 Å². The highest BCUT2D eigenvalue weighted by Crippen LogP contribution is 2.40. The van der Waals surface area contributed by atoms with Crippen LogP contribution >= 0.6 is 0 Å². The second kappa shape index (κ2) is 6.23. The van der Waals surface area contributed by atoms with Crippen molar-refractivity contribution in [1.82, 2.24) is 5.32 Å². The van der Waals surface area contributed by atoms with Gasteiger partial charge in [-0.05, 0) is 45.1 Å².